The number of ether oxygens (including phenoxy) is 2. The van der Waals surface area contributed by atoms with Crippen LogP contribution in [0.15, 0.2) is 26.8 Å². The summed E-state index contributed by atoms with van der Waals surface area (Å²) in [6.07, 6.45) is 3.86. The predicted octanol–water partition coefficient (Wildman–Crippen LogP) is 0.506. The maximum Gasteiger partial charge on any atom is 0.342 e. The lowest BCUT2D eigenvalue weighted by molar-refractivity contribution is -0.386. The molecule has 14 nitrogen and oxygen atoms in total. The molecule has 4 N–H and O–H groups in total. The smallest absolute Gasteiger partial charge is 0.342 e. The molecule has 0 radical (unpaired) electrons. The van der Waals surface area contributed by atoms with Crippen molar-refractivity contribution in [2.75, 3.05) is 25.6 Å². The summed E-state index contributed by atoms with van der Waals surface area (Å²) in [5, 5.41) is 23.1. The van der Waals surface area contributed by atoms with Crippen LogP contribution in [-0.2, 0) is 4.79 Å². The van der Waals surface area contributed by atoms with Crippen LogP contribution in [0.1, 0.15) is 31.7 Å². The first kappa shape index (κ1) is 24.0. The van der Waals surface area contributed by atoms with Gasteiger partial charge in [-0.05, 0) is 12.5 Å². The van der Waals surface area contributed by atoms with Crippen LogP contribution in [0, 0.1) is 10.1 Å². The number of hydrogen-bond donors (Lipinski definition) is 4. The van der Waals surface area contributed by atoms with E-state index in [4.69, 9.17) is 9.47 Å². The molecule has 32 heavy (non-hydrogen) atoms. The van der Waals surface area contributed by atoms with E-state index in [-0.39, 0.29) is 29.5 Å². The Kier molecular flexibility index (Phi) is 8.89. The monoisotopic (exact) mass is 449 g/mol. The molecule has 1 aromatic heterocycles. The lowest BCUT2D eigenvalue weighted by atomic mass is 10.2. The van der Waals surface area contributed by atoms with Gasteiger partial charge < -0.3 is 14.8 Å². The van der Waals surface area contributed by atoms with Crippen LogP contribution >= 0.6 is 0 Å². The average molecular weight is 449 g/mol. The number of rotatable bonds is 12. The molecular weight excluding hydrogens is 426 g/mol. The fourth-order valence-electron chi connectivity index (χ4n) is 2.49. The fourth-order valence-corrected chi connectivity index (χ4v) is 2.49. The molecule has 0 saturated carbocycles. The van der Waals surface area contributed by atoms with Crippen molar-refractivity contribution >= 4 is 23.6 Å². The second-order valence-corrected chi connectivity index (χ2v) is 6.39. The minimum Gasteiger partial charge on any atom is -0.493 e. The van der Waals surface area contributed by atoms with E-state index in [9.17, 15) is 24.5 Å². The normalized spacial score (nSPS) is 10.7. The zero-order valence-electron chi connectivity index (χ0n) is 17.5. The van der Waals surface area contributed by atoms with E-state index < -0.39 is 22.1 Å². The van der Waals surface area contributed by atoms with Gasteiger partial charge in [-0.3, -0.25) is 24.7 Å². The standard InChI is InChI=1S/C18H23N7O7/c1-3-4-5-6-32-15-12(25(29)30)7-11(8-13(15)31-2)9-20-22-14(26)10-19-16-17(27)21-18(28)24-23-16/h7-9H,3-6,10H2,1-2H3,(H,19,23)(H,22,26)(H2,21,24,27,28)/b20-9+. The highest BCUT2D eigenvalue weighted by molar-refractivity contribution is 5.86. The Morgan fingerprint density at radius 2 is 2.12 bits per heavy atom. The number of benzene rings is 1. The molecule has 0 saturated heterocycles. The SMILES string of the molecule is CCCCCOc1c(OC)cc(/C=N/NC(=O)CNc2n[nH]c(=O)[nH]c2=O)cc1[N+](=O)[O-]. The third kappa shape index (κ3) is 6.93. The number of aromatic amines is 2. The van der Waals surface area contributed by atoms with Crippen molar-refractivity contribution in [3.05, 3.63) is 48.6 Å². The van der Waals surface area contributed by atoms with Crippen molar-refractivity contribution < 1.29 is 19.2 Å². The number of nitrogens with zero attached hydrogens (tertiary/aromatic N) is 3. The van der Waals surface area contributed by atoms with Gasteiger partial charge in [-0.25, -0.2) is 15.3 Å². The number of hydrogen-bond acceptors (Lipinski definition) is 10. The summed E-state index contributed by atoms with van der Waals surface area (Å²) in [6.45, 7) is 1.98. The van der Waals surface area contributed by atoms with E-state index in [1.165, 1.54) is 25.5 Å². The minimum absolute atomic E-state index is 0.0256. The number of aromatic nitrogens is 3. The molecule has 0 spiro atoms. The second-order valence-electron chi connectivity index (χ2n) is 6.39. The van der Waals surface area contributed by atoms with E-state index in [1.807, 2.05) is 17.0 Å². The van der Waals surface area contributed by atoms with Crippen molar-refractivity contribution in [2.45, 2.75) is 26.2 Å². The van der Waals surface area contributed by atoms with Crippen LogP contribution in [0.2, 0.25) is 0 Å². The number of hydrazone groups is 1. The summed E-state index contributed by atoms with van der Waals surface area (Å²) >= 11 is 0. The van der Waals surface area contributed by atoms with E-state index in [0.717, 1.165) is 19.3 Å². The molecule has 0 unspecified atom stereocenters. The number of nitrogens with one attached hydrogen (secondary N) is 4. The van der Waals surface area contributed by atoms with Crippen molar-refractivity contribution in [3.8, 4) is 11.5 Å². The molecule has 0 aliphatic heterocycles. The number of unbranched alkanes of at least 4 members (excludes halogenated alkanes) is 2. The first-order valence-corrected chi connectivity index (χ1v) is 9.59. The van der Waals surface area contributed by atoms with Crippen LogP contribution < -0.4 is 31.5 Å². The van der Waals surface area contributed by atoms with Gasteiger partial charge in [0.2, 0.25) is 11.6 Å². The highest BCUT2D eigenvalue weighted by Gasteiger charge is 2.22. The van der Waals surface area contributed by atoms with Gasteiger partial charge in [0.25, 0.3) is 11.5 Å². The van der Waals surface area contributed by atoms with Crippen molar-refractivity contribution in [1.82, 2.24) is 20.6 Å². The topological polar surface area (TPSA) is 194 Å². The maximum atomic E-state index is 11.9. The number of amides is 1. The number of carbonyl (C=O) groups excluding carboxylic acids is 1. The van der Waals surface area contributed by atoms with Crippen LogP contribution in [-0.4, -0.2) is 52.5 Å². The van der Waals surface area contributed by atoms with Gasteiger partial charge in [-0.1, -0.05) is 19.8 Å². The summed E-state index contributed by atoms with van der Waals surface area (Å²) in [6, 6.07) is 2.73. The quantitative estimate of drug-likeness (QED) is 0.154. The highest BCUT2D eigenvalue weighted by Crippen LogP contribution is 2.38. The van der Waals surface area contributed by atoms with Crippen molar-refractivity contribution in [3.63, 3.8) is 0 Å². The van der Waals surface area contributed by atoms with Crippen molar-refractivity contribution in [2.24, 2.45) is 5.10 Å². The minimum atomic E-state index is -0.790. The third-order valence-electron chi connectivity index (χ3n) is 4.00. The summed E-state index contributed by atoms with van der Waals surface area (Å²) in [5.74, 6) is -0.698. The Labute approximate surface area is 181 Å². The molecule has 0 aliphatic carbocycles. The molecule has 2 rings (SSSR count). The molecule has 172 valence electrons. The van der Waals surface area contributed by atoms with Crippen LogP contribution in [0.5, 0.6) is 11.5 Å². The molecule has 1 aromatic carbocycles. The maximum absolute atomic E-state index is 11.9. The van der Waals surface area contributed by atoms with Crippen LogP contribution in [0.4, 0.5) is 11.5 Å². The molecular formula is C18H23N7O7. The van der Waals surface area contributed by atoms with Gasteiger partial charge in [0.05, 0.1) is 31.4 Å². The Hall–Kier alpha value is -4.23. The number of anilines is 1. The van der Waals surface area contributed by atoms with E-state index in [0.29, 0.717) is 12.2 Å². The van der Waals surface area contributed by atoms with Gasteiger partial charge in [-0.15, -0.1) is 5.10 Å². The van der Waals surface area contributed by atoms with Gasteiger partial charge in [-0.2, -0.15) is 5.10 Å². The van der Waals surface area contributed by atoms with Gasteiger partial charge in [0, 0.05) is 11.6 Å². The summed E-state index contributed by atoms with van der Waals surface area (Å²) < 4.78 is 10.8. The number of nitro benzene ring substituents is 1. The molecule has 14 heteroatoms. The zero-order valence-corrected chi connectivity index (χ0v) is 17.5. The lowest BCUT2D eigenvalue weighted by Crippen LogP contribution is -2.31. The molecule has 0 fully saturated rings. The molecule has 0 aliphatic rings. The van der Waals surface area contributed by atoms with Crippen molar-refractivity contribution in [1.29, 1.82) is 0 Å². The largest absolute Gasteiger partial charge is 0.493 e. The molecule has 2 aromatic rings. The van der Waals surface area contributed by atoms with Crippen LogP contribution in [0.3, 0.4) is 0 Å². The number of H-pyrrole nitrogens is 2. The van der Waals surface area contributed by atoms with E-state index in [2.05, 4.69) is 20.9 Å². The van der Waals surface area contributed by atoms with Crippen LogP contribution in [0.25, 0.3) is 0 Å². The van der Waals surface area contributed by atoms with Gasteiger partial charge in [0.1, 0.15) is 0 Å². The predicted molar refractivity (Wildman–Crippen MR) is 114 cm³/mol. The summed E-state index contributed by atoms with van der Waals surface area (Å²) in [5.41, 5.74) is 0.624. The third-order valence-corrected chi connectivity index (χ3v) is 4.00. The Morgan fingerprint density at radius 3 is 2.78 bits per heavy atom. The molecule has 0 bridgehead atoms. The Bertz CT molecular complexity index is 1090. The highest BCUT2D eigenvalue weighted by atomic mass is 16.6. The molecule has 1 amide bonds. The second kappa shape index (κ2) is 11.8. The average Bonchev–Trinajstić information content (AvgIpc) is 2.76. The number of methoxy groups -OCH3 is 1. The van der Waals surface area contributed by atoms with Gasteiger partial charge in [0.15, 0.2) is 5.75 Å². The lowest BCUT2D eigenvalue weighted by Gasteiger charge is -2.11. The van der Waals surface area contributed by atoms with Gasteiger partial charge >= 0.3 is 11.4 Å². The summed E-state index contributed by atoms with van der Waals surface area (Å²) in [4.78, 5) is 47.1. The van der Waals surface area contributed by atoms with E-state index >= 15 is 0 Å². The Balaban J connectivity index is 2.04. The fraction of sp³-hybridized carbons (Fsp3) is 0.389. The zero-order chi connectivity index (χ0) is 23.5. The number of nitro groups is 1. The first-order valence-electron chi connectivity index (χ1n) is 9.59. The molecule has 0 atom stereocenters. The molecule has 1 heterocycles. The van der Waals surface area contributed by atoms with E-state index in [1.54, 1.807) is 0 Å². The summed E-state index contributed by atoms with van der Waals surface area (Å²) in [7, 11) is 1.36. The first-order chi connectivity index (χ1) is 15.3. The number of carbonyl (C=O) groups is 1. The Morgan fingerprint density at radius 1 is 1.34 bits per heavy atom.